The molecule has 0 aromatic heterocycles. The lowest BCUT2D eigenvalue weighted by Crippen LogP contribution is -2.44. The van der Waals surface area contributed by atoms with Gasteiger partial charge in [0.15, 0.2) is 0 Å². The summed E-state index contributed by atoms with van der Waals surface area (Å²) in [5.74, 6) is 0. The van der Waals surface area contributed by atoms with E-state index in [4.69, 9.17) is 10.8 Å². The maximum absolute atomic E-state index is 8.98. The van der Waals surface area contributed by atoms with Crippen LogP contribution in [-0.4, -0.2) is 41.8 Å². The molecule has 1 fully saturated rings. The predicted molar refractivity (Wildman–Crippen MR) is 45.3 cm³/mol. The van der Waals surface area contributed by atoms with Gasteiger partial charge >= 0.3 is 0 Å². The Balaban J connectivity index is 2.36. The Bertz CT molecular complexity index is 111. The standard InChI is InChI=1S/C8H18N2O/c1-2-10(7-3-4-7)8(5-9)6-11/h7-8,11H,2-6,9H2,1H3. The summed E-state index contributed by atoms with van der Waals surface area (Å²) in [5.41, 5.74) is 5.52. The first kappa shape index (κ1) is 8.97. The molecule has 0 bridgehead atoms. The van der Waals surface area contributed by atoms with Crippen molar-refractivity contribution in [2.24, 2.45) is 5.73 Å². The Morgan fingerprint density at radius 2 is 2.27 bits per heavy atom. The van der Waals surface area contributed by atoms with E-state index in [0.29, 0.717) is 12.6 Å². The number of rotatable bonds is 5. The second kappa shape index (κ2) is 4.04. The van der Waals surface area contributed by atoms with Crippen LogP contribution in [-0.2, 0) is 0 Å². The lowest BCUT2D eigenvalue weighted by atomic mass is 10.2. The fourth-order valence-electron chi connectivity index (χ4n) is 1.54. The molecule has 3 nitrogen and oxygen atoms in total. The van der Waals surface area contributed by atoms with Crippen LogP contribution in [0.1, 0.15) is 19.8 Å². The van der Waals surface area contributed by atoms with E-state index in [0.717, 1.165) is 6.54 Å². The van der Waals surface area contributed by atoms with Crippen molar-refractivity contribution in [1.29, 1.82) is 0 Å². The van der Waals surface area contributed by atoms with Crippen LogP contribution in [0.3, 0.4) is 0 Å². The second-order valence-electron chi connectivity index (χ2n) is 3.13. The van der Waals surface area contributed by atoms with Gasteiger partial charge in [0, 0.05) is 18.6 Å². The summed E-state index contributed by atoms with van der Waals surface area (Å²) in [7, 11) is 0. The lowest BCUT2D eigenvalue weighted by Gasteiger charge is -2.27. The van der Waals surface area contributed by atoms with Crippen molar-refractivity contribution >= 4 is 0 Å². The fraction of sp³-hybridized carbons (Fsp3) is 1.00. The zero-order chi connectivity index (χ0) is 8.27. The summed E-state index contributed by atoms with van der Waals surface area (Å²) in [5, 5.41) is 8.98. The highest BCUT2D eigenvalue weighted by molar-refractivity contribution is 4.88. The van der Waals surface area contributed by atoms with Gasteiger partial charge in [-0.25, -0.2) is 0 Å². The Labute approximate surface area is 68.2 Å². The molecule has 1 rings (SSSR count). The second-order valence-corrected chi connectivity index (χ2v) is 3.13. The van der Waals surface area contributed by atoms with Crippen molar-refractivity contribution in [2.45, 2.75) is 31.8 Å². The molecule has 3 N–H and O–H groups in total. The van der Waals surface area contributed by atoms with E-state index in [1.807, 2.05) is 0 Å². The summed E-state index contributed by atoms with van der Waals surface area (Å²) in [6.07, 6.45) is 2.56. The quantitative estimate of drug-likeness (QED) is 0.582. The molecule has 1 aliphatic carbocycles. The Hall–Kier alpha value is -0.120. The van der Waals surface area contributed by atoms with Gasteiger partial charge in [0.25, 0.3) is 0 Å². The van der Waals surface area contributed by atoms with Gasteiger partial charge in [-0.1, -0.05) is 6.92 Å². The van der Waals surface area contributed by atoms with Gasteiger partial charge < -0.3 is 10.8 Å². The van der Waals surface area contributed by atoms with Crippen LogP contribution in [0, 0.1) is 0 Å². The average molecular weight is 158 g/mol. The molecule has 3 heteroatoms. The number of hydrogen-bond acceptors (Lipinski definition) is 3. The smallest absolute Gasteiger partial charge is 0.0599 e. The Kier molecular flexibility index (Phi) is 3.30. The van der Waals surface area contributed by atoms with Gasteiger partial charge in [-0.3, -0.25) is 4.90 Å². The fourth-order valence-corrected chi connectivity index (χ4v) is 1.54. The van der Waals surface area contributed by atoms with Crippen molar-refractivity contribution in [3.63, 3.8) is 0 Å². The average Bonchev–Trinajstić information content (AvgIpc) is 2.82. The third-order valence-electron chi connectivity index (χ3n) is 2.33. The van der Waals surface area contributed by atoms with Gasteiger partial charge in [-0.2, -0.15) is 0 Å². The van der Waals surface area contributed by atoms with E-state index >= 15 is 0 Å². The third kappa shape index (κ3) is 2.15. The molecule has 1 atom stereocenters. The highest BCUT2D eigenvalue weighted by Gasteiger charge is 2.31. The van der Waals surface area contributed by atoms with Gasteiger partial charge in [0.2, 0.25) is 0 Å². The largest absolute Gasteiger partial charge is 0.395 e. The third-order valence-corrected chi connectivity index (χ3v) is 2.33. The topological polar surface area (TPSA) is 49.5 Å². The van der Waals surface area contributed by atoms with Crippen LogP contribution in [0.15, 0.2) is 0 Å². The first-order valence-corrected chi connectivity index (χ1v) is 4.40. The molecule has 0 aromatic carbocycles. The van der Waals surface area contributed by atoms with E-state index in [1.165, 1.54) is 12.8 Å². The van der Waals surface area contributed by atoms with Crippen LogP contribution in [0.2, 0.25) is 0 Å². The highest BCUT2D eigenvalue weighted by Crippen LogP contribution is 2.27. The van der Waals surface area contributed by atoms with Crippen LogP contribution >= 0.6 is 0 Å². The lowest BCUT2D eigenvalue weighted by molar-refractivity contribution is 0.126. The number of nitrogens with zero attached hydrogens (tertiary/aromatic N) is 1. The zero-order valence-corrected chi connectivity index (χ0v) is 7.16. The van der Waals surface area contributed by atoms with Crippen LogP contribution in [0.25, 0.3) is 0 Å². The molecule has 11 heavy (non-hydrogen) atoms. The van der Waals surface area contributed by atoms with Crippen molar-refractivity contribution in [2.75, 3.05) is 19.7 Å². The molecular weight excluding hydrogens is 140 g/mol. The van der Waals surface area contributed by atoms with Gasteiger partial charge in [0.05, 0.1) is 6.61 Å². The highest BCUT2D eigenvalue weighted by atomic mass is 16.3. The van der Waals surface area contributed by atoms with Crippen LogP contribution in [0.5, 0.6) is 0 Å². The molecule has 0 amide bonds. The summed E-state index contributed by atoms with van der Waals surface area (Å²) in [6, 6.07) is 0.896. The SMILES string of the molecule is CCN(C(CN)CO)C1CC1. The molecule has 0 aliphatic heterocycles. The van der Waals surface area contributed by atoms with E-state index in [1.54, 1.807) is 0 Å². The summed E-state index contributed by atoms with van der Waals surface area (Å²) in [4.78, 5) is 2.31. The van der Waals surface area contributed by atoms with E-state index in [-0.39, 0.29) is 12.6 Å². The van der Waals surface area contributed by atoms with Crippen molar-refractivity contribution < 1.29 is 5.11 Å². The molecule has 0 saturated heterocycles. The molecular formula is C8H18N2O. The van der Waals surface area contributed by atoms with Crippen molar-refractivity contribution in [1.82, 2.24) is 4.90 Å². The minimum atomic E-state index is 0.187. The van der Waals surface area contributed by atoms with Gasteiger partial charge in [0.1, 0.15) is 0 Å². The van der Waals surface area contributed by atoms with Crippen LogP contribution in [0.4, 0.5) is 0 Å². The van der Waals surface area contributed by atoms with Crippen molar-refractivity contribution in [3.8, 4) is 0 Å². The monoisotopic (exact) mass is 158 g/mol. The van der Waals surface area contributed by atoms with Gasteiger partial charge in [-0.15, -0.1) is 0 Å². The predicted octanol–water partition coefficient (Wildman–Crippen LogP) is -0.210. The van der Waals surface area contributed by atoms with Crippen molar-refractivity contribution in [3.05, 3.63) is 0 Å². The molecule has 0 aromatic rings. The summed E-state index contributed by atoms with van der Waals surface area (Å²) >= 11 is 0. The Morgan fingerprint density at radius 3 is 2.55 bits per heavy atom. The maximum atomic E-state index is 8.98. The molecule has 1 unspecified atom stereocenters. The van der Waals surface area contributed by atoms with Crippen LogP contribution < -0.4 is 5.73 Å². The normalized spacial score (nSPS) is 20.7. The van der Waals surface area contributed by atoms with E-state index in [2.05, 4.69) is 11.8 Å². The Morgan fingerprint density at radius 1 is 1.64 bits per heavy atom. The first-order valence-electron chi connectivity index (χ1n) is 4.40. The minimum Gasteiger partial charge on any atom is -0.395 e. The van der Waals surface area contributed by atoms with Gasteiger partial charge in [-0.05, 0) is 19.4 Å². The number of aliphatic hydroxyl groups excluding tert-OH is 1. The zero-order valence-electron chi connectivity index (χ0n) is 7.16. The number of likely N-dealkylation sites (N-methyl/N-ethyl adjacent to an activating group) is 1. The number of aliphatic hydroxyl groups is 1. The molecule has 0 spiro atoms. The molecule has 1 saturated carbocycles. The summed E-state index contributed by atoms with van der Waals surface area (Å²) < 4.78 is 0. The summed E-state index contributed by atoms with van der Waals surface area (Å²) in [6.45, 7) is 3.89. The maximum Gasteiger partial charge on any atom is 0.0599 e. The molecule has 0 radical (unpaired) electrons. The first-order chi connectivity index (χ1) is 5.33. The molecule has 0 heterocycles. The number of hydrogen-bond donors (Lipinski definition) is 2. The molecule has 1 aliphatic rings. The number of nitrogens with two attached hydrogens (primary N) is 1. The van der Waals surface area contributed by atoms with E-state index in [9.17, 15) is 0 Å². The molecule has 66 valence electrons. The minimum absolute atomic E-state index is 0.187. The van der Waals surface area contributed by atoms with E-state index < -0.39 is 0 Å².